The molecule has 0 bridgehead atoms. The zero-order valence-electron chi connectivity index (χ0n) is 11.0. The van der Waals surface area contributed by atoms with Gasteiger partial charge in [0.1, 0.15) is 11.9 Å². The SMILES string of the molecule is COC(=O)c1ccc(C2SCC(=O)N2CC(F)(F)F)cc1. The highest BCUT2D eigenvalue weighted by Crippen LogP contribution is 2.40. The third kappa shape index (κ3) is 3.69. The van der Waals surface area contributed by atoms with E-state index in [0.717, 1.165) is 16.7 Å². The van der Waals surface area contributed by atoms with Crippen molar-refractivity contribution in [2.75, 3.05) is 19.4 Å². The van der Waals surface area contributed by atoms with Crippen molar-refractivity contribution in [3.63, 3.8) is 0 Å². The van der Waals surface area contributed by atoms with Crippen LogP contribution in [-0.4, -0.2) is 42.4 Å². The van der Waals surface area contributed by atoms with E-state index in [1.807, 2.05) is 0 Å². The van der Waals surface area contributed by atoms with E-state index in [0.29, 0.717) is 11.1 Å². The van der Waals surface area contributed by atoms with Crippen molar-refractivity contribution >= 4 is 23.6 Å². The number of esters is 1. The lowest BCUT2D eigenvalue weighted by atomic mass is 10.1. The summed E-state index contributed by atoms with van der Waals surface area (Å²) in [4.78, 5) is 23.7. The summed E-state index contributed by atoms with van der Waals surface area (Å²) in [6.07, 6.45) is -4.44. The van der Waals surface area contributed by atoms with Crippen molar-refractivity contribution < 1.29 is 27.5 Å². The summed E-state index contributed by atoms with van der Waals surface area (Å²) >= 11 is 1.13. The van der Waals surface area contributed by atoms with Gasteiger partial charge >= 0.3 is 12.1 Å². The highest BCUT2D eigenvalue weighted by molar-refractivity contribution is 8.00. The van der Waals surface area contributed by atoms with Crippen molar-refractivity contribution in [2.45, 2.75) is 11.6 Å². The van der Waals surface area contributed by atoms with E-state index in [-0.39, 0.29) is 5.75 Å². The van der Waals surface area contributed by atoms with Crippen LogP contribution in [0.3, 0.4) is 0 Å². The molecule has 1 unspecified atom stereocenters. The maximum atomic E-state index is 12.5. The first-order chi connectivity index (χ1) is 9.81. The number of rotatable bonds is 3. The molecule has 0 aromatic heterocycles. The molecule has 1 fully saturated rings. The highest BCUT2D eigenvalue weighted by Gasteiger charge is 2.40. The van der Waals surface area contributed by atoms with Crippen LogP contribution in [0.25, 0.3) is 0 Å². The van der Waals surface area contributed by atoms with Crippen LogP contribution in [0.5, 0.6) is 0 Å². The van der Waals surface area contributed by atoms with E-state index >= 15 is 0 Å². The normalized spacial score (nSPS) is 19.0. The number of ether oxygens (including phenoxy) is 1. The molecule has 1 heterocycles. The summed E-state index contributed by atoms with van der Waals surface area (Å²) < 4.78 is 42.1. The second kappa shape index (κ2) is 5.97. The molecule has 0 aliphatic carbocycles. The van der Waals surface area contributed by atoms with Gasteiger partial charge < -0.3 is 9.64 Å². The monoisotopic (exact) mass is 319 g/mol. The standard InChI is InChI=1S/C13H12F3NO3S/c1-20-12(19)9-4-2-8(3-5-9)11-17(7-13(14,15)16)10(18)6-21-11/h2-5,11H,6-7H2,1H3. The van der Waals surface area contributed by atoms with Crippen LogP contribution in [0.1, 0.15) is 21.3 Å². The minimum Gasteiger partial charge on any atom is -0.465 e. The van der Waals surface area contributed by atoms with Crippen molar-refractivity contribution in [1.29, 1.82) is 0 Å². The topological polar surface area (TPSA) is 46.6 Å². The lowest BCUT2D eigenvalue weighted by molar-refractivity contribution is -0.159. The number of thioether (sulfide) groups is 1. The quantitative estimate of drug-likeness (QED) is 0.804. The molecule has 21 heavy (non-hydrogen) atoms. The zero-order chi connectivity index (χ0) is 15.6. The largest absolute Gasteiger partial charge is 0.465 e. The summed E-state index contributed by atoms with van der Waals surface area (Å²) in [5.41, 5.74) is 0.848. The Morgan fingerprint density at radius 3 is 2.52 bits per heavy atom. The molecule has 1 amide bonds. The van der Waals surface area contributed by atoms with Gasteiger partial charge in [-0.3, -0.25) is 4.79 Å². The Morgan fingerprint density at radius 1 is 1.38 bits per heavy atom. The number of methoxy groups -OCH3 is 1. The van der Waals surface area contributed by atoms with Gasteiger partial charge in [0.05, 0.1) is 18.4 Å². The Kier molecular flexibility index (Phi) is 4.46. The summed E-state index contributed by atoms with van der Waals surface area (Å²) in [7, 11) is 1.24. The Morgan fingerprint density at radius 2 is 2.00 bits per heavy atom. The maximum absolute atomic E-state index is 12.5. The number of carbonyl (C=O) groups is 2. The predicted octanol–water partition coefficient (Wildman–Crippen LogP) is 2.61. The minimum atomic E-state index is -4.44. The van der Waals surface area contributed by atoms with Gasteiger partial charge in [0, 0.05) is 0 Å². The molecule has 0 spiro atoms. The average molecular weight is 319 g/mol. The molecule has 1 aromatic carbocycles. The number of halogens is 3. The second-order valence-corrected chi connectivity index (χ2v) is 5.48. The summed E-state index contributed by atoms with van der Waals surface area (Å²) in [6.45, 7) is -1.28. The average Bonchev–Trinajstić information content (AvgIpc) is 2.78. The predicted molar refractivity (Wildman–Crippen MR) is 70.7 cm³/mol. The van der Waals surface area contributed by atoms with E-state index in [2.05, 4.69) is 4.74 Å². The highest BCUT2D eigenvalue weighted by atomic mass is 32.2. The van der Waals surface area contributed by atoms with Crippen LogP contribution in [0.4, 0.5) is 13.2 Å². The van der Waals surface area contributed by atoms with Crippen LogP contribution in [0.2, 0.25) is 0 Å². The zero-order valence-corrected chi connectivity index (χ0v) is 11.8. The minimum absolute atomic E-state index is 0.0134. The van der Waals surface area contributed by atoms with Crippen molar-refractivity contribution in [3.8, 4) is 0 Å². The molecule has 8 heteroatoms. The molecule has 1 aromatic rings. The van der Waals surface area contributed by atoms with E-state index in [9.17, 15) is 22.8 Å². The van der Waals surface area contributed by atoms with E-state index < -0.39 is 30.0 Å². The van der Waals surface area contributed by atoms with Gasteiger partial charge in [0.25, 0.3) is 0 Å². The fourth-order valence-electron chi connectivity index (χ4n) is 2.00. The molecule has 114 valence electrons. The van der Waals surface area contributed by atoms with E-state index in [1.165, 1.54) is 31.4 Å². The number of amides is 1. The van der Waals surface area contributed by atoms with Crippen molar-refractivity contribution in [2.24, 2.45) is 0 Å². The van der Waals surface area contributed by atoms with Gasteiger partial charge in [-0.25, -0.2) is 4.79 Å². The molecule has 0 saturated carbocycles. The van der Waals surface area contributed by atoms with Gasteiger partial charge in [0.2, 0.25) is 5.91 Å². The first kappa shape index (κ1) is 15.7. The van der Waals surface area contributed by atoms with Crippen molar-refractivity contribution in [3.05, 3.63) is 35.4 Å². The molecular weight excluding hydrogens is 307 g/mol. The van der Waals surface area contributed by atoms with Crippen LogP contribution < -0.4 is 0 Å². The molecule has 0 N–H and O–H groups in total. The molecule has 1 atom stereocenters. The Bertz CT molecular complexity index is 545. The molecule has 0 radical (unpaired) electrons. The summed E-state index contributed by atoms with van der Waals surface area (Å²) in [5, 5.41) is -0.689. The first-order valence-electron chi connectivity index (χ1n) is 5.98. The number of nitrogens with zero attached hydrogens (tertiary/aromatic N) is 1. The van der Waals surface area contributed by atoms with Crippen LogP contribution >= 0.6 is 11.8 Å². The molecule has 1 aliphatic rings. The van der Waals surface area contributed by atoms with Crippen LogP contribution in [0, 0.1) is 0 Å². The van der Waals surface area contributed by atoms with Crippen molar-refractivity contribution in [1.82, 2.24) is 4.90 Å². The smallest absolute Gasteiger partial charge is 0.406 e. The van der Waals surface area contributed by atoms with Crippen LogP contribution in [0.15, 0.2) is 24.3 Å². The van der Waals surface area contributed by atoms with Gasteiger partial charge in [0.15, 0.2) is 0 Å². The summed E-state index contributed by atoms with van der Waals surface area (Å²) in [6, 6.07) is 6.00. The maximum Gasteiger partial charge on any atom is 0.406 e. The number of hydrogen-bond donors (Lipinski definition) is 0. The Balaban J connectivity index is 2.20. The number of benzene rings is 1. The fourth-order valence-corrected chi connectivity index (χ4v) is 3.18. The Labute approximate surface area is 123 Å². The van der Waals surface area contributed by atoms with Crippen LogP contribution in [-0.2, 0) is 9.53 Å². The molecule has 2 rings (SSSR count). The molecule has 1 aliphatic heterocycles. The van der Waals surface area contributed by atoms with Gasteiger partial charge in [-0.1, -0.05) is 12.1 Å². The molecule has 1 saturated heterocycles. The van der Waals surface area contributed by atoms with Gasteiger partial charge in [-0.05, 0) is 17.7 Å². The molecule has 4 nitrogen and oxygen atoms in total. The first-order valence-corrected chi connectivity index (χ1v) is 7.03. The Hall–Kier alpha value is -1.70. The number of hydrogen-bond acceptors (Lipinski definition) is 4. The van der Waals surface area contributed by atoms with Gasteiger partial charge in [-0.15, -0.1) is 11.8 Å². The third-order valence-electron chi connectivity index (χ3n) is 2.93. The fraction of sp³-hybridized carbons (Fsp3) is 0.385. The van der Waals surface area contributed by atoms with E-state index in [1.54, 1.807) is 0 Å². The van der Waals surface area contributed by atoms with E-state index in [4.69, 9.17) is 0 Å². The summed E-state index contributed by atoms with van der Waals surface area (Å²) in [5.74, 6) is -1.05. The number of carbonyl (C=O) groups excluding carboxylic acids is 2. The number of alkyl halides is 3. The lowest BCUT2D eigenvalue weighted by Crippen LogP contribution is -2.37. The third-order valence-corrected chi connectivity index (χ3v) is 4.19. The second-order valence-electron chi connectivity index (χ2n) is 4.41. The lowest BCUT2D eigenvalue weighted by Gasteiger charge is -2.25. The van der Waals surface area contributed by atoms with Gasteiger partial charge in [-0.2, -0.15) is 13.2 Å². The molecular formula is C13H12F3NO3S.